The molecule has 180 valence electrons. The monoisotopic (exact) mass is 531 g/mol. The first-order valence-corrected chi connectivity index (χ1v) is 11.6. The Morgan fingerprint density at radius 1 is 0.971 bits per heavy atom. The lowest BCUT2D eigenvalue weighted by Crippen LogP contribution is -2.30. The average Bonchev–Trinajstić information content (AvgIpc) is 3.08. The number of methoxy groups -OCH3 is 2. The number of aliphatic hydroxyl groups is 1. The lowest BCUT2D eigenvalue weighted by atomic mass is 9.95. The Morgan fingerprint density at radius 3 is 2.26 bits per heavy atom. The minimum atomic E-state index is -0.875. The molecule has 0 unspecified atom stereocenters. The fraction of sp³-hybridized carbons (Fsp3) is 0.320. The summed E-state index contributed by atoms with van der Waals surface area (Å²) in [5, 5.41) is 19.9. The Balaban J connectivity index is 2.04. The number of rotatable bonds is 10. The number of ether oxygens (including phenoxy) is 2. The van der Waals surface area contributed by atoms with Crippen LogP contribution in [0, 0.1) is 0 Å². The second-order valence-electron chi connectivity index (χ2n) is 7.82. The number of unbranched alkanes of at least 4 members (excludes halogenated alkanes) is 2. The number of aliphatic carboxylic acids is 1. The third-order valence-electron chi connectivity index (χ3n) is 5.67. The molecule has 0 aliphatic carbocycles. The molecule has 1 aliphatic rings. The van der Waals surface area contributed by atoms with Crippen LogP contribution in [0.2, 0.25) is 0 Å². The van der Waals surface area contributed by atoms with E-state index in [2.05, 4.69) is 15.9 Å². The highest BCUT2D eigenvalue weighted by atomic mass is 79.9. The van der Waals surface area contributed by atoms with Crippen LogP contribution in [0.15, 0.2) is 52.5 Å². The van der Waals surface area contributed by atoms with E-state index in [0.717, 1.165) is 4.47 Å². The molecule has 0 radical (unpaired) electrons. The number of likely N-dealkylation sites (tertiary alicyclic amines) is 1. The van der Waals surface area contributed by atoms with Gasteiger partial charge in [0.2, 0.25) is 0 Å². The Morgan fingerprint density at radius 2 is 1.65 bits per heavy atom. The number of carboxylic acid groups (broad SMARTS) is 1. The van der Waals surface area contributed by atoms with Crippen molar-refractivity contribution in [3.63, 3.8) is 0 Å². The SMILES string of the molecule is COc1ccc([C@@H]2/C(=C(\O)c3ccc(Br)cc3)C(=O)C(=O)N2CCCCCC(=O)O)cc1OC. The van der Waals surface area contributed by atoms with Gasteiger partial charge < -0.3 is 24.6 Å². The summed E-state index contributed by atoms with van der Waals surface area (Å²) in [5.41, 5.74) is 0.985. The zero-order chi connectivity index (χ0) is 24.8. The molecule has 8 nitrogen and oxygen atoms in total. The molecular formula is C25H26BrNO7. The third-order valence-corrected chi connectivity index (χ3v) is 6.20. The highest BCUT2D eigenvalue weighted by molar-refractivity contribution is 9.10. The van der Waals surface area contributed by atoms with Crippen molar-refractivity contribution in [2.24, 2.45) is 0 Å². The number of hydrogen-bond acceptors (Lipinski definition) is 6. The fourth-order valence-electron chi connectivity index (χ4n) is 3.98. The smallest absolute Gasteiger partial charge is 0.303 e. The lowest BCUT2D eigenvalue weighted by molar-refractivity contribution is -0.140. The molecule has 1 aliphatic heterocycles. The van der Waals surface area contributed by atoms with E-state index in [9.17, 15) is 19.5 Å². The summed E-state index contributed by atoms with van der Waals surface area (Å²) in [6.07, 6.45) is 1.61. The van der Waals surface area contributed by atoms with Crippen molar-refractivity contribution < 1.29 is 34.1 Å². The normalized spacial score (nSPS) is 17.1. The van der Waals surface area contributed by atoms with Gasteiger partial charge in [-0.3, -0.25) is 14.4 Å². The first-order chi connectivity index (χ1) is 16.3. The van der Waals surface area contributed by atoms with Crippen LogP contribution in [0.5, 0.6) is 11.5 Å². The quantitative estimate of drug-likeness (QED) is 0.200. The molecule has 9 heteroatoms. The van der Waals surface area contributed by atoms with Gasteiger partial charge in [0, 0.05) is 23.0 Å². The van der Waals surface area contributed by atoms with Crippen LogP contribution in [0.3, 0.4) is 0 Å². The van der Waals surface area contributed by atoms with Gasteiger partial charge in [-0.15, -0.1) is 0 Å². The summed E-state index contributed by atoms with van der Waals surface area (Å²) in [4.78, 5) is 38.3. The molecule has 3 rings (SSSR count). The highest BCUT2D eigenvalue weighted by Crippen LogP contribution is 2.42. The number of aliphatic hydroxyl groups excluding tert-OH is 1. The minimum Gasteiger partial charge on any atom is -0.507 e. The first-order valence-electron chi connectivity index (χ1n) is 10.8. The van der Waals surface area contributed by atoms with Gasteiger partial charge in [0.25, 0.3) is 11.7 Å². The van der Waals surface area contributed by atoms with Crippen LogP contribution in [0.4, 0.5) is 0 Å². The minimum absolute atomic E-state index is 0.00919. The van der Waals surface area contributed by atoms with Gasteiger partial charge in [-0.05, 0) is 42.7 Å². The summed E-state index contributed by atoms with van der Waals surface area (Å²) >= 11 is 3.35. The number of nitrogens with zero attached hydrogens (tertiary/aromatic N) is 1. The Kier molecular flexibility index (Phi) is 8.33. The predicted molar refractivity (Wildman–Crippen MR) is 129 cm³/mol. The maximum Gasteiger partial charge on any atom is 0.303 e. The molecule has 1 fully saturated rings. The zero-order valence-electron chi connectivity index (χ0n) is 18.9. The molecule has 0 spiro atoms. The number of carboxylic acids is 1. The van der Waals surface area contributed by atoms with Crippen LogP contribution in [-0.4, -0.2) is 53.5 Å². The molecule has 0 aromatic heterocycles. The van der Waals surface area contributed by atoms with Gasteiger partial charge in [-0.25, -0.2) is 0 Å². The van der Waals surface area contributed by atoms with Crippen LogP contribution >= 0.6 is 15.9 Å². The van der Waals surface area contributed by atoms with E-state index in [4.69, 9.17) is 14.6 Å². The van der Waals surface area contributed by atoms with Gasteiger partial charge >= 0.3 is 5.97 Å². The summed E-state index contributed by atoms with van der Waals surface area (Å²) in [6.45, 7) is 0.236. The molecule has 2 N–H and O–H groups in total. The molecule has 2 aromatic rings. The number of carbonyl (C=O) groups excluding carboxylic acids is 2. The number of amides is 1. The van der Waals surface area contributed by atoms with Crippen LogP contribution < -0.4 is 9.47 Å². The number of carbonyl (C=O) groups is 3. The topological polar surface area (TPSA) is 113 Å². The molecule has 0 bridgehead atoms. The van der Waals surface area contributed by atoms with E-state index in [-0.39, 0.29) is 24.3 Å². The van der Waals surface area contributed by atoms with Crippen molar-refractivity contribution in [2.75, 3.05) is 20.8 Å². The average molecular weight is 532 g/mol. The van der Waals surface area contributed by atoms with Crippen molar-refractivity contribution in [3.05, 3.63) is 63.6 Å². The van der Waals surface area contributed by atoms with Gasteiger partial charge in [0.1, 0.15) is 5.76 Å². The number of hydrogen-bond donors (Lipinski definition) is 2. The van der Waals surface area contributed by atoms with Crippen molar-refractivity contribution in [1.82, 2.24) is 4.90 Å². The molecule has 34 heavy (non-hydrogen) atoms. The van der Waals surface area contributed by atoms with Crippen LogP contribution in [-0.2, 0) is 14.4 Å². The van der Waals surface area contributed by atoms with Crippen LogP contribution in [0.1, 0.15) is 42.9 Å². The summed E-state index contributed by atoms with van der Waals surface area (Å²) in [7, 11) is 3.00. The molecule has 1 heterocycles. The molecule has 1 amide bonds. The molecular weight excluding hydrogens is 506 g/mol. The Bertz CT molecular complexity index is 1110. The van der Waals surface area contributed by atoms with Crippen molar-refractivity contribution >= 4 is 39.3 Å². The van der Waals surface area contributed by atoms with E-state index in [0.29, 0.717) is 41.9 Å². The predicted octanol–water partition coefficient (Wildman–Crippen LogP) is 4.53. The number of ketones is 1. The van der Waals surface area contributed by atoms with Gasteiger partial charge in [0.15, 0.2) is 11.5 Å². The standard InChI is InChI=1S/C25H26BrNO7/c1-33-18-12-9-16(14-19(18)34-2)22-21(23(30)15-7-10-17(26)11-8-15)24(31)25(32)27(22)13-5-3-4-6-20(28)29/h7-12,14,22,30H,3-6,13H2,1-2H3,(H,28,29)/b23-21+/t22-/m1/s1. The first kappa shape index (κ1) is 25.3. The molecule has 1 atom stereocenters. The van der Waals surface area contributed by atoms with Crippen molar-refractivity contribution in [1.29, 1.82) is 0 Å². The molecule has 1 saturated heterocycles. The molecule has 2 aromatic carbocycles. The van der Waals surface area contributed by atoms with E-state index in [1.807, 2.05) is 0 Å². The molecule has 0 saturated carbocycles. The Labute approximate surface area is 205 Å². The lowest BCUT2D eigenvalue weighted by Gasteiger charge is -2.26. The number of Topliss-reactive ketones (excluding diaryl/α,β-unsaturated/α-hetero) is 1. The second-order valence-corrected chi connectivity index (χ2v) is 8.73. The summed E-state index contributed by atoms with van der Waals surface area (Å²) in [5.74, 6) is -1.71. The van der Waals surface area contributed by atoms with E-state index in [1.54, 1.807) is 42.5 Å². The third kappa shape index (κ3) is 5.41. The largest absolute Gasteiger partial charge is 0.507 e. The van der Waals surface area contributed by atoms with E-state index >= 15 is 0 Å². The summed E-state index contributed by atoms with van der Waals surface area (Å²) < 4.78 is 11.5. The second kappa shape index (κ2) is 11.2. The zero-order valence-corrected chi connectivity index (χ0v) is 20.5. The maximum absolute atomic E-state index is 13.1. The van der Waals surface area contributed by atoms with Crippen LogP contribution in [0.25, 0.3) is 5.76 Å². The summed E-state index contributed by atoms with van der Waals surface area (Å²) in [6, 6.07) is 11.0. The van der Waals surface area contributed by atoms with Crippen molar-refractivity contribution in [3.8, 4) is 11.5 Å². The van der Waals surface area contributed by atoms with Gasteiger partial charge in [-0.1, -0.05) is 40.5 Å². The van der Waals surface area contributed by atoms with E-state index in [1.165, 1.54) is 19.1 Å². The number of benzene rings is 2. The fourth-order valence-corrected chi connectivity index (χ4v) is 4.24. The highest BCUT2D eigenvalue weighted by Gasteiger charge is 2.46. The van der Waals surface area contributed by atoms with Gasteiger partial charge in [0.05, 0.1) is 25.8 Å². The van der Waals surface area contributed by atoms with Crippen molar-refractivity contribution in [2.45, 2.75) is 31.7 Å². The maximum atomic E-state index is 13.1. The van der Waals surface area contributed by atoms with E-state index < -0.39 is 23.7 Å². The Hall–Kier alpha value is -3.33. The number of halogens is 1. The van der Waals surface area contributed by atoms with Gasteiger partial charge in [-0.2, -0.15) is 0 Å².